The van der Waals surface area contributed by atoms with Gasteiger partial charge in [-0.15, -0.1) is 0 Å². The lowest BCUT2D eigenvalue weighted by atomic mass is 10.3. The topological polar surface area (TPSA) is 59.1 Å². The van der Waals surface area contributed by atoms with E-state index in [-0.39, 0.29) is 0 Å². The van der Waals surface area contributed by atoms with Crippen LogP contribution in [0, 0.1) is 0 Å². The minimum atomic E-state index is 0.621. The number of aromatic nitrogens is 2. The fraction of sp³-hybridized carbons (Fsp3) is 0.231. The molecule has 1 aromatic carbocycles. The van der Waals surface area contributed by atoms with Crippen molar-refractivity contribution in [2.45, 2.75) is 6.92 Å². The first-order chi connectivity index (χ1) is 8.81. The van der Waals surface area contributed by atoms with Crippen molar-refractivity contribution in [2.24, 2.45) is 0 Å². The van der Waals surface area contributed by atoms with Crippen LogP contribution in [0.1, 0.15) is 6.92 Å². The summed E-state index contributed by atoms with van der Waals surface area (Å²) >= 11 is 0. The second-order valence-electron chi connectivity index (χ2n) is 3.65. The van der Waals surface area contributed by atoms with Crippen molar-refractivity contribution in [3.8, 4) is 5.75 Å². The zero-order chi connectivity index (χ0) is 12.8. The van der Waals surface area contributed by atoms with Crippen molar-refractivity contribution in [1.82, 2.24) is 9.97 Å². The van der Waals surface area contributed by atoms with Gasteiger partial charge < -0.3 is 15.4 Å². The maximum Gasteiger partial charge on any atom is 0.224 e. The van der Waals surface area contributed by atoms with Crippen LogP contribution in [-0.4, -0.2) is 23.6 Å². The second kappa shape index (κ2) is 5.86. The van der Waals surface area contributed by atoms with Crippen LogP contribution < -0.4 is 15.4 Å². The first-order valence-corrected chi connectivity index (χ1v) is 5.80. The van der Waals surface area contributed by atoms with Crippen molar-refractivity contribution in [3.05, 3.63) is 36.5 Å². The molecule has 18 heavy (non-hydrogen) atoms. The van der Waals surface area contributed by atoms with Gasteiger partial charge in [-0.2, -0.15) is 4.98 Å². The Bertz CT molecular complexity index is 499. The zero-order valence-corrected chi connectivity index (χ0v) is 10.5. The lowest BCUT2D eigenvalue weighted by Crippen LogP contribution is -2.03. The summed E-state index contributed by atoms with van der Waals surface area (Å²) in [6.07, 6.45) is 1.72. The highest BCUT2D eigenvalue weighted by atomic mass is 16.5. The number of ether oxygens (including phenoxy) is 1. The molecule has 0 bridgehead atoms. The number of anilines is 3. The van der Waals surface area contributed by atoms with Crippen molar-refractivity contribution < 1.29 is 4.74 Å². The molecule has 1 heterocycles. The van der Waals surface area contributed by atoms with E-state index in [2.05, 4.69) is 20.6 Å². The molecule has 0 amide bonds. The largest absolute Gasteiger partial charge is 0.497 e. The first kappa shape index (κ1) is 12.2. The summed E-state index contributed by atoms with van der Waals surface area (Å²) < 4.78 is 5.11. The average Bonchev–Trinajstić information content (AvgIpc) is 2.40. The van der Waals surface area contributed by atoms with Gasteiger partial charge in [0.15, 0.2) is 0 Å². The number of nitrogens with zero attached hydrogens (tertiary/aromatic N) is 2. The molecule has 0 aliphatic heterocycles. The van der Waals surface area contributed by atoms with E-state index in [1.165, 1.54) is 0 Å². The third-order valence-electron chi connectivity index (χ3n) is 2.35. The fourth-order valence-electron chi connectivity index (χ4n) is 1.49. The average molecular weight is 244 g/mol. The fourth-order valence-corrected chi connectivity index (χ4v) is 1.49. The number of rotatable bonds is 5. The summed E-state index contributed by atoms with van der Waals surface area (Å²) in [6, 6.07) is 9.50. The van der Waals surface area contributed by atoms with E-state index < -0.39 is 0 Å². The van der Waals surface area contributed by atoms with Crippen LogP contribution in [0.2, 0.25) is 0 Å². The number of hydrogen-bond acceptors (Lipinski definition) is 5. The van der Waals surface area contributed by atoms with Crippen LogP contribution in [0.4, 0.5) is 17.5 Å². The van der Waals surface area contributed by atoms with E-state index >= 15 is 0 Å². The van der Waals surface area contributed by atoms with Crippen molar-refractivity contribution >= 4 is 17.5 Å². The Morgan fingerprint density at radius 3 is 2.61 bits per heavy atom. The Hall–Kier alpha value is -2.30. The molecule has 0 spiro atoms. The van der Waals surface area contributed by atoms with Gasteiger partial charge in [0.05, 0.1) is 7.11 Å². The van der Waals surface area contributed by atoms with Gasteiger partial charge in [-0.25, -0.2) is 4.98 Å². The minimum absolute atomic E-state index is 0.621. The molecule has 0 aliphatic rings. The molecule has 1 aromatic heterocycles. The molecule has 0 fully saturated rings. The summed E-state index contributed by atoms with van der Waals surface area (Å²) in [5, 5.41) is 6.28. The SMILES string of the molecule is CCNc1nccc(Nc2ccc(OC)cc2)n1. The molecule has 0 unspecified atom stereocenters. The van der Waals surface area contributed by atoms with Gasteiger partial charge >= 0.3 is 0 Å². The highest BCUT2D eigenvalue weighted by Crippen LogP contribution is 2.18. The minimum Gasteiger partial charge on any atom is -0.497 e. The van der Waals surface area contributed by atoms with E-state index in [1.807, 2.05) is 37.3 Å². The highest BCUT2D eigenvalue weighted by molar-refractivity contribution is 5.57. The van der Waals surface area contributed by atoms with Crippen LogP contribution >= 0.6 is 0 Å². The van der Waals surface area contributed by atoms with Gasteiger partial charge in [0.2, 0.25) is 5.95 Å². The molecule has 2 N–H and O–H groups in total. The molecule has 0 aliphatic carbocycles. The lowest BCUT2D eigenvalue weighted by molar-refractivity contribution is 0.415. The van der Waals surface area contributed by atoms with Crippen LogP contribution in [0.25, 0.3) is 0 Å². The Kier molecular flexibility index (Phi) is 3.96. The van der Waals surface area contributed by atoms with E-state index in [9.17, 15) is 0 Å². The van der Waals surface area contributed by atoms with Gasteiger partial charge in [-0.05, 0) is 37.3 Å². The summed E-state index contributed by atoms with van der Waals surface area (Å²) in [5.41, 5.74) is 0.956. The number of benzene rings is 1. The highest BCUT2D eigenvalue weighted by Gasteiger charge is 1.99. The van der Waals surface area contributed by atoms with E-state index in [0.717, 1.165) is 23.8 Å². The van der Waals surface area contributed by atoms with Crippen LogP contribution in [0.3, 0.4) is 0 Å². The molecule has 5 heteroatoms. The molecule has 2 rings (SSSR count). The van der Waals surface area contributed by atoms with Gasteiger partial charge in [-0.3, -0.25) is 0 Å². The van der Waals surface area contributed by atoms with E-state index in [0.29, 0.717) is 5.95 Å². The summed E-state index contributed by atoms with van der Waals surface area (Å²) in [7, 11) is 1.65. The number of hydrogen-bond donors (Lipinski definition) is 2. The quantitative estimate of drug-likeness (QED) is 0.846. The summed E-state index contributed by atoms with van der Waals surface area (Å²) in [5.74, 6) is 2.21. The van der Waals surface area contributed by atoms with Crippen LogP contribution in [-0.2, 0) is 0 Å². The molecular formula is C13H16N4O. The monoisotopic (exact) mass is 244 g/mol. The maximum absolute atomic E-state index is 5.11. The lowest BCUT2D eigenvalue weighted by Gasteiger charge is -2.08. The third kappa shape index (κ3) is 3.10. The zero-order valence-electron chi connectivity index (χ0n) is 10.5. The first-order valence-electron chi connectivity index (χ1n) is 5.80. The van der Waals surface area contributed by atoms with Gasteiger partial charge in [0.1, 0.15) is 11.6 Å². The maximum atomic E-state index is 5.11. The molecule has 0 radical (unpaired) electrons. The molecule has 94 valence electrons. The predicted octanol–water partition coefficient (Wildman–Crippen LogP) is 2.66. The standard InChI is InChI=1S/C13H16N4O/c1-3-14-13-15-9-8-12(17-13)16-10-4-6-11(18-2)7-5-10/h4-9H,3H2,1-2H3,(H2,14,15,16,17). The molecule has 0 saturated carbocycles. The Balaban J connectivity index is 2.09. The van der Waals surface area contributed by atoms with Gasteiger partial charge in [0.25, 0.3) is 0 Å². The molecule has 2 aromatic rings. The predicted molar refractivity (Wildman–Crippen MR) is 72.5 cm³/mol. The van der Waals surface area contributed by atoms with Gasteiger partial charge in [-0.1, -0.05) is 0 Å². The van der Waals surface area contributed by atoms with Crippen molar-refractivity contribution in [3.63, 3.8) is 0 Å². The smallest absolute Gasteiger partial charge is 0.224 e. The molecule has 0 atom stereocenters. The van der Waals surface area contributed by atoms with E-state index in [1.54, 1.807) is 13.3 Å². The number of nitrogens with one attached hydrogen (secondary N) is 2. The molecular weight excluding hydrogens is 228 g/mol. The normalized spacial score (nSPS) is 9.89. The Labute approximate surface area is 106 Å². The number of methoxy groups -OCH3 is 1. The van der Waals surface area contributed by atoms with Crippen LogP contribution in [0.15, 0.2) is 36.5 Å². The Morgan fingerprint density at radius 2 is 1.94 bits per heavy atom. The van der Waals surface area contributed by atoms with E-state index in [4.69, 9.17) is 4.74 Å². The summed E-state index contributed by atoms with van der Waals surface area (Å²) in [4.78, 5) is 8.45. The van der Waals surface area contributed by atoms with Gasteiger partial charge in [0, 0.05) is 18.4 Å². The Morgan fingerprint density at radius 1 is 1.17 bits per heavy atom. The molecule has 0 saturated heterocycles. The molecule has 5 nitrogen and oxygen atoms in total. The van der Waals surface area contributed by atoms with Crippen LogP contribution in [0.5, 0.6) is 5.75 Å². The van der Waals surface area contributed by atoms with Crippen molar-refractivity contribution in [1.29, 1.82) is 0 Å². The van der Waals surface area contributed by atoms with Crippen molar-refractivity contribution in [2.75, 3.05) is 24.3 Å². The third-order valence-corrected chi connectivity index (χ3v) is 2.35. The summed E-state index contributed by atoms with van der Waals surface area (Å²) in [6.45, 7) is 2.80. The second-order valence-corrected chi connectivity index (χ2v) is 3.65.